The van der Waals surface area contributed by atoms with Crippen molar-refractivity contribution in [3.63, 3.8) is 0 Å². The van der Waals surface area contributed by atoms with Crippen molar-refractivity contribution in [1.82, 2.24) is 29.8 Å². The molecule has 1 aromatic carbocycles. The number of alkyl carbamates (subject to hydrolysis) is 1. The zero-order valence-electron chi connectivity index (χ0n) is 24.6. The Kier molecular flexibility index (Phi) is 10.0. The highest BCUT2D eigenvalue weighted by molar-refractivity contribution is 5.93. The van der Waals surface area contributed by atoms with Gasteiger partial charge >= 0.3 is 12.3 Å². The van der Waals surface area contributed by atoms with Crippen LogP contribution in [0.1, 0.15) is 61.7 Å². The molecule has 0 spiro atoms. The van der Waals surface area contributed by atoms with E-state index >= 15 is 0 Å². The molecule has 10 nitrogen and oxygen atoms in total. The average molecular weight is 621 g/mol. The van der Waals surface area contributed by atoms with E-state index in [-0.39, 0.29) is 30.9 Å². The molecule has 0 fully saturated rings. The number of hydrogen-bond donors (Lipinski definition) is 1. The molecule has 3 amide bonds. The Balaban J connectivity index is 1.91. The molecular weight excluding hydrogens is 586 g/mol. The van der Waals surface area contributed by atoms with Gasteiger partial charge in [0.1, 0.15) is 11.4 Å². The molecule has 238 valence electrons. The largest absolute Gasteiger partial charge is 0.449 e. The lowest BCUT2D eigenvalue weighted by Gasteiger charge is -2.32. The summed E-state index contributed by atoms with van der Waals surface area (Å²) in [5, 5.41) is 5.02. The summed E-state index contributed by atoms with van der Waals surface area (Å²) in [6.45, 7) is 5.60. The second-order valence-corrected chi connectivity index (χ2v) is 11.2. The number of benzene rings is 1. The summed E-state index contributed by atoms with van der Waals surface area (Å²) in [4.78, 5) is 43.9. The predicted molar refractivity (Wildman–Crippen MR) is 141 cm³/mol. The maximum absolute atomic E-state index is 14.4. The maximum atomic E-state index is 14.4. The van der Waals surface area contributed by atoms with E-state index in [4.69, 9.17) is 4.74 Å². The number of aromatic nitrogens is 2. The van der Waals surface area contributed by atoms with E-state index in [1.165, 1.54) is 29.0 Å². The van der Waals surface area contributed by atoms with Crippen LogP contribution in [0.5, 0.6) is 0 Å². The summed E-state index contributed by atoms with van der Waals surface area (Å²) in [7, 11) is 3.08. The van der Waals surface area contributed by atoms with Crippen molar-refractivity contribution in [1.29, 1.82) is 0 Å². The number of amides is 3. The van der Waals surface area contributed by atoms with E-state index in [1.54, 1.807) is 27.7 Å². The van der Waals surface area contributed by atoms with Gasteiger partial charge < -0.3 is 19.5 Å². The minimum atomic E-state index is -4.87. The first-order chi connectivity index (χ1) is 19.8. The van der Waals surface area contributed by atoms with Gasteiger partial charge in [-0.15, -0.1) is 0 Å². The van der Waals surface area contributed by atoms with E-state index in [9.17, 15) is 40.7 Å². The Hall–Kier alpha value is -3.82. The van der Waals surface area contributed by atoms with Gasteiger partial charge in [-0.2, -0.15) is 13.2 Å². The molecule has 1 atom stereocenters. The van der Waals surface area contributed by atoms with Crippen LogP contribution in [0.15, 0.2) is 12.1 Å². The predicted octanol–water partition coefficient (Wildman–Crippen LogP) is 4.13. The molecule has 0 saturated carbocycles. The topological polar surface area (TPSA) is 100 Å². The second-order valence-electron chi connectivity index (χ2n) is 11.2. The number of halogens is 6. The van der Waals surface area contributed by atoms with Gasteiger partial charge in [0.2, 0.25) is 11.7 Å². The summed E-state index contributed by atoms with van der Waals surface area (Å²) in [6, 6.07) is -0.226. The maximum Gasteiger partial charge on any atom is 0.449 e. The van der Waals surface area contributed by atoms with Gasteiger partial charge in [-0.05, 0) is 45.7 Å². The fraction of sp³-hybridized carbons (Fsp3) is 0.556. The van der Waals surface area contributed by atoms with Crippen LogP contribution < -0.4 is 5.32 Å². The first kappa shape index (κ1) is 33.7. The molecule has 1 unspecified atom stereocenters. The molecule has 43 heavy (non-hydrogen) atoms. The molecule has 0 radical (unpaired) electrons. The van der Waals surface area contributed by atoms with Crippen LogP contribution in [0.25, 0.3) is 0 Å². The summed E-state index contributed by atoms with van der Waals surface area (Å²) in [5.41, 5.74) is -1.85. The fourth-order valence-electron chi connectivity index (χ4n) is 4.67. The van der Waals surface area contributed by atoms with Gasteiger partial charge in [0.05, 0.1) is 12.2 Å². The highest BCUT2D eigenvalue weighted by Crippen LogP contribution is 2.33. The number of carbonyl (C=O) groups is 3. The first-order valence-corrected chi connectivity index (χ1v) is 13.4. The van der Waals surface area contributed by atoms with E-state index in [2.05, 4.69) is 10.3 Å². The van der Waals surface area contributed by atoms with Gasteiger partial charge in [-0.25, -0.2) is 28.0 Å². The molecule has 2 heterocycles. The minimum absolute atomic E-state index is 0.125. The number of fused-ring (bicyclic) bond motifs is 1. The molecular formula is C27H34F6N6O4. The Morgan fingerprint density at radius 3 is 2.23 bits per heavy atom. The zero-order chi connectivity index (χ0) is 32.4. The first-order valence-electron chi connectivity index (χ1n) is 13.4. The number of carbonyl (C=O) groups excluding carboxylic acids is 3. The normalized spacial score (nSPS) is 14.4. The van der Waals surface area contributed by atoms with Crippen LogP contribution in [-0.2, 0) is 35.2 Å². The smallest absolute Gasteiger partial charge is 0.444 e. The van der Waals surface area contributed by atoms with E-state index in [0.29, 0.717) is 12.1 Å². The summed E-state index contributed by atoms with van der Waals surface area (Å²) >= 11 is 0. The number of nitrogens with one attached hydrogen (secondary N) is 1. The number of imidazole rings is 1. The lowest BCUT2D eigenvalue weighted by atomic mass is 10.0. The SMILES string of the molecule is CCN(C(=O)c1nc(C(F)(F)F)n2c1CN(C(=O)CC(Cc1cc(F)c(F)cc1F)NC(=O)OC(C)(C)C)CC2)N(C)C. The highest BCUT2D eigenvalue weighted by atomic mass is 19.4. The lowest BCUT2D eigenvalue weighted by molar-refractivity contribution is -0.148. The van der Waals surface area contributed by atoms with E-state index < -0.39 is 84.1 Å². The zero-order valence-corrected chi connectivity index (χ0v) is 24.6. The Morgan fingerprint density at radius 2 is 1.67 bits per heavy atom. The molecule has 1 N–H and O–H groups in total. The van der Waals surface area contributed by atoms with Gasteiger partial charge in [-0.3, -0.25) is 14.6 Å². The van der Waals surface area contributed by atoms with Crippen LogP contribution >= 0.6 is 0 Å². The molecule has 3 rings (SSSR count). The Bertz CT molecular complexity index is 1370. The standard InChI is InChI=1S/C27H34F6N6O4/c1-7-39(36(5)6)23(41)22-20-14-37(8-9-38(20)24(35-22)27(31,32)33)21(40)12-16(34-25(42)43-26(2,3)4)10-15-11-18(29)19(30)13-17(15)28/h11,13,16H,7-10,12,14H2,1-6H3,(H,34,42). The second kappa shape index (κ2) is 12.8. The summed E-state index contributed by atoms with van der Waals surface area (Å²) in [6.07, 6.45) is -6.77. The van der Waals surface area contributed by atoms with Crippen LogP contribution in [-0.4, -0.2) is 81.2 Å². The fourth-order valence-corrected chi connectivity index (χ4v) is 4.67. The van der Waals surface area contributed by atoms with Crippen molar-refractivity contribution in [3.8, 4) is 0 Å². The number of hydrazine groups is 1. The van der Waals surface area contributed by atoms with Gasteiger partial charge in [0.15, 0.2) is 17.3 Å². The van der Waals surface area contributed by atoms with Crippen LogP contribution in [0, 0.1) is 17.5 Å². The van der Waals surface area contributed by atoms with Crippen LogP contribution in [0.3, 0.4) is 0 Å². The van der Waals surface area contributed by atoms with Gasteiger partial charge in [0.25, 0.3) is 5.91 Å². The minimum Gasteiger partial charge on any atom is -0.444 e. The number of nitrogens with zero attached hydrogens (tertiary/aromatic N) is 5. The molecule has 16 heteroatoms. The third-order valence-corrected chi connectivity index (χ3v) is 6.53. The van der Waals surface area contributed by atoms with E-state index in [1.807, 2.05) is 0 Å². The van der Waals surface area contributed by atoms with Crippen molar-refractivity contribution in [3.05, 3.63) is 52.4 Å². The highest BCUT2D eigenvalue weighted by Gasteiger charge is 2.42. The molecule has 0 aliphatic carbocycles. The number of alkyl halides is 3. The van der Waals surface area contributed by atoms with Gasteiger partial charge in [0, 0.05) is 52.3 Å². The Morgan fingerprint density at radius 1 is 1.05 bits per heavy atom. The molecule has 2 aromatic rings. The third-order valence-electron chi connectivity index (χ3n) is 6.53. The molecule has 1 aliphatic rings. The van der Waals surface area contributed by atoms with Crippen molar-refractivity contribution in [2.24, 2.45) is 0 Å². The van der Waals surface area contributed by atoms with Crippen molar-refractivity contribution >= 4 is 17.9 Å². The van der Waals surface area contributed by atoms with Gasteiger partial charge in [-0.1, -0.05) is 0 Å². The molecule has 1 aromatic heterocycles. The average Bonchev–Trinajstić information content (AvgIpc) is 3.25. The molecule has 1 aliphatic heterocycles. The monoisotopic (exact) mass is 620 g/mol. The Labute approximate surface area is 244 Å². The summed E-state index contributed by atoms with van der Waals surface area (Å²) in [5.74, 6) is -6.58. The van der Waals surface area contributed by atoms with E-state index in [0.717, 1.165) is 4.57 Å². The van der Waals surface area contributed by atoms with Crippen LogP contribution in [0.2, 0.25) is 0 Å². The number of ether oxygens (including phenoxy) is 1. The molecule has 0 saturated heterocycles. The van der Waals surface area contributed by atoms with Crippen LogP contribution in [0.4, 0.5) is 31.1 Å². The third kappa shape index (κ3) is 8.18. The van der Waals surface area contributed by atoms with Crippen molar-refractivity contribution in [2.45, 2.75) is 71.4 Å². The summed E-state index contributed by atoms with van der Waals surface area (Å²) < 4.78 is 89.3. The molecule has 0 bridgehead atoms. The van der Waals surface area contributed by atoms with Crippen molar-refractivity contribution in [2.75, 3.05) is 27.2 Å². The quantitative estimate of drug-likeness (QED) is 0.271. The van der Waals surface area contributed by atoms with Crippen molar-refractivity contribution < 1.29 is 45.5 Å². The number of hydrogen-bond acceptors (Lipinski definition) is 6. The number of rotatable bonds is 8. The lowest BCUT2D eigenvalue weighted by Crippen LogP contribution is -2.46.